The zero-order valence-corrected chi connectivity index (χ0v) is 17.3. The first-order valence-corrected chi connectivity index (χ1v) is 11.2. The van der Waals surface area contributed by atoms with E-state index in [1.54, 1.807) is 0 Å². The lowest BCUT2D eigenvalue weighted by Crippen LogP contribution is -2.11. The summed E-state index contributed by atoms with van der Waals surface area (Å²) in [6.07, 6.45) is 1.39. The van der Waals surface area contributed by atoms with E-state index in [9.17, 15) is 4.79 Å². The van der Waals surface area contributed by atoms with Crippen LogP contribution in [-0.4, -0.2) is 13.1 Å². The van der Waals surface area contributed by atoms with Gasteiger partial charge in [-0.1, -0.05) is 54.7 Å². The first kappa shape index (κ1) is 18.9. The monoisotopic (exact) mass is 405 g/mol. The zero-order chi connectivity index (χ0) is 19.5. The van der Waals surface area contributed by atoms with Crippen molar-refractivity contribution in [3.05, 3.63) is 90.5 Å². The Kier molecular flexibility index (Phi) is 5.60. The molecular weight excluding hydrogens is 384 g/mol. The summed E-state index contributed by atoms with van der Waals surface area (Å²) in [4.78, 5) is 18.3. The molecule has 0 radical (unpaired) electrons. The molecule has 0 saturated carbocycles. The largest absolute Gasteiger partial charge is 0.466 e. The van der Waals surface area contributed by atoms with Gasteiger partial charge in [-0.05, 0) is 54.8 Å². The SMILES string of the molecule is C=C(CCc1ccc([S+]2c3ccccc3Sc3ccccc32)cc1)C(=O)OC. The standard InChI is InChI=1S/C24H21O2S2/c1-17(24(25)26-2)11-12-18-13-15-19(16-14-18)28-22-9-5-3-7-20(22)27-21-8-4-6-10-23(21)28/h3-10,13-16H,1,11-12H2,2H3/q+1. The fourth-order valence-electron chi connectivity index (χ4n) is 3.23. The molecule has 2 nitrogen and oxygen atoms in total. The number of fused-ring (bicyclic) bond motifs is 2. The number of aryl methyl sites for hydroxylation is 1. The Morgan fingerprint density at radius 1 is 0.929 bits per heavy atom. The fourth-order valence-corrected chi connectivity index (χ4v) is 6.97. The van der Waals surface area contributed by atoms with Crippen molar-refractivity contribution in [3.63, 3.8) is 0 Å². The maximum Gasteiger partial charge on any atom is 0.333 e. The predicted octanol–water partition coefficient (Wildman–Crippen LogP) is 5.91. The van der Waals surface area contributed by atoms with Gasteiger partial charge in [0.1, 0.15) is 10.9 Å². The number of carbonyl (C=O) groups is 1. The molecule has 1 aliphatic rings. The minimum atomic E-state index is -0.328. The van der Waals surface area contributed by atoms with Crippen molar-refractivity contribution < 1.29 is 9.53 Å². The Morgan fingerprint density at radius 2 is 1.50 bits per heavy atom. The normalized spacial score (nSPS) is 12.8. The van der Waals surface area contributed by atoms with E-state index >= 15 is 0 Å². The minimum absolute atomic E-state index is 0.100. The van der Waals surface area contributed by atoms with Crippen molar-refractivity contribution in [2.45, 2.75) is 37.3 Å². The van der Waals surface area contributed by atoms with Crippen LogP contribution >= 0.6 is 11.8 Å². The van der Waals surface area contributed by atoms with Crippen molar-refractivity contribution >= 4 is 28.6 Å². The quantitative estimate of drug-likeness (QED) is 0.235. The molecular formula is C24H21O2S2+. The number of rotatable bonds is 5. The fraction of sp³-hybridized carbons (Fsp3) is 0.125. The van der Waals surface area contributed by atoms with Crippen LogP contribution in [0.25, 0.3) is 0 Å². The van der Waals surface area contributed by atoms with Gasteiger partial charge in [0.2, 0.25) is 0 Å². The molecule has 4 rings (SSSR count). The van der Waals surface area contributed by atoms with E-state index in [0.717, 1.165) is 6.42 Å². The molecule has 140 valence electrons. The molecule has 0 atom stereocenters. The minimum Gasteiger partial charge on any atom is -0.466 e. The molecule has 4 heteroatoms. The van der Waals surface area contributed by atoms with E-state index in [2.05, 4.69) is 79.4 Å². The first-order valence-electron chi connectivity index (χ1n) is 9.12. The molecule has 3 aromatic rings. The maximum atomic E-state index is 11.5. The number of esters is 1. The molecule has 0 aromatic heterocycles. The van der Waals surface area contributed by atoms with Crippen molar-refractivity contribution in [3.8, 4) is 0 Å². The van der Waals surface area contributed by atoms with E-state index in [1.807, 2.05) is 11.8 Å². The third-order valence-corrected chi connectivity index (χ3v) is 8.45. The molecule has 0 bridgehead atoms. The molecule has 3 aromatic carbocycles. The summed E-state index contributed by atoms with van der Waals surface area (Å²) in [7, 11) is 1.29. The van der Waals surface area contributed by atoms with Crippen molar-refractivity contribution in [1.82, 2.24) is 0 Å². The number of hydrogen-bond acceptors (Lipinski definition) is 3. The first-order chi connectivity index (χ1) is 13.7. The van der Waals surface area contributed by atoms with Crippen LogP contribution in [0.5, 0.6) is 0 Å². The van der Waals surface area contributed by atoms with Gasteiger partial charge >= 0.3 is 5.97 Å². The highest BCUT2D eigenvalue weighted by Crippen LogP contribution is 2.47. The van der Waals surface area contributed by atoms with E-state index in [0.29, 0.717) is 12.0 Å². The molecule has 0 fully saturated rings. The smallest absolute Gasteiger partial charge is 0.333 e. The predicted molar refractivity (Wildman–Crippen MR) is 115 cm³/mol. The van der Waals surface area contributed by atoms with Crippen LogP contribution in [0.15, 0.2) is 109 Å². The molecule has 1 heterocycles. The summed E-state index contributed by atoms with van der Waals surface area (Å²) in [5, 5.41) is 0. The highest BCUT2D eigenvalue weighted by molar-refractivity contribution is 8.04. The molecule has 0 N–H and O–H groups in total. The van der Waals surface area contributed by atoms with Gasteiger partial charge in [-0.3, -0.25) is 0 Å². The lowest BCUT2D eigenvalue weighted by Gasteiger charge is -2.18. The second-order valence-electron chi connectivity index (χ2n) is 6.54. The highest BCUT2D eigenvalue weighted by atomic mass is 32.2. The number of methoxy groups -OCH3 is 1. The van der Waals surface area contributed by atoms with Crippen LogP contribution in [0.2, 0.25) is 0 Å². The molecule has 28 heavy (non-hydrogen) atoms. The average Bonchev–Trinajstić information content (AvgIpc) is 2.75. The van der Waals surface area contributed by atoms with E-state index < -0.39 is 0 Å². The number of hydrogen-bond donors (Lipinski definition) is 0. The van der Waals surface area contributed by atoms with Gasteiger partial charge in [-0.2, -0.15) is 0 Å². The molecule has 0 unspecified atom stereocenters. The topological polar surface area (TPSA) is 26.3 Å². The van der Waals surface area contributed by atoms with E-state index in [1.165, 1.54) is 37.2 Å². The van der Waals surface area contributed by atoms with Crippen LogP contribution in [-0.2, 0) is 26.8 Å². The Balaban J connectivity index is 1.61. The van der Waals surface area contributed by atoms with Crippen LogP contribution in [0.4, 0.5) is 0 Å². The molecule has 0 amide bonds. The Hall–Kier alpha value is -2.43. The Bertz CT molecular complexity index is 979. The summed E-state index contributed by atoms with van der Waals surface area (Å²) >= 11 is 1.85. The molecule has 0 spiro atoms. The number of benzene rings is 3. The van der Waals surface area contributed by atoms with Crippen LogP contribution in [0.1, 0.15) is 12.0 Å². The van der Waals surface area contributed by atoms with Gasteiger partial charge in [0.05, 0.1) is 16.9 Å². The molecule has 1 aliphatic heterocycles. The zero-order valence-electron chi connectivity index (χ0n) is 15.7. The van der Waals surface area contributed by atoms with Gasteiger partial charge in [0.15, 0.2) is 14.7 Å². The number of carbonyl (C=O) groups excluding carboxylic acids is 1. The van der Waals surface area contributed by atoms with Gasteiger partial charge in [-0.25, -0.2) is 4.79 Å². The van der Waals surface area contributed by atoms with Crippen LogP contribution < -0.4 is 0 Å². The Morgan fingerprint density at radius 3 is 2.07 bits per heavy atom. The van der Waals surface area contributed by atoms with Gasteiger partial charge in [-0.15, -0.1) is 0 Å². The maximum absolute atomic E-state index is 11.5. The van der Waals surface area contributed by atoms with Crippen LogP contribution in [0, 0.1) is 0 Å². The summed E-state index contributed by atoms with van der Waals surface area (Å²) in [5.41, 5.74) is 1.71. The summed E-state index contributed by atoms with van der Waals surface area (Å²) in [5.74, 6) is -0.328. The highest BCUT2D eigenvalue weighted by Gasteiger charge is 2.37. The Labute approximate surface area is 173 Å². The summed E-state index contributed by atoms with van der Waals surface area (Å²) in [6.45, 7) is 3.81. The number of ether oxygens (including phenoxy) is 1. The lowest BCUT2D eigenvalue weighted by atomic mass is 10.1. The summed E-state index contributed by atoms with van der Waals surface area (Å²) in [6, 6.07) is 26.2. The lowest BCUT2D eigenvalue weighted by molar-refractivity contribution is -0.136. The van der Waals surface area contributed by atoms with Crippen molar-refractivity contribution in [2.75, 3.05) is 7.11 Å². The third-order valence-electron chi connectivity index (χ3n) is 4.71. The third kappa shape index (κ3) is 3.75. The van der Waals surface area contributed by atoms with Crippen molar-refractivity contribution in [2.24, 2.45) is 0 Å². The summed E-state index contributed by atoms with van der Waals surface area (Å²) < 4.78 is 4.73. The van der Waals surface area contributed by atoms with Gasteiger partial charge < -0.3 is 4.74 Å². The van der Waals surface area contributed by atoms with Crippen LogP contribution in [0.3, 0.4) is 0 Å². The second kappa shape index (κ2) is 8.29. The second-order valence-corrected chi connectivity index (χ2v) is 9.59. The van der Waals surface area contributed by atoms with E-state index in [4.69, 9.17) is 4.74 Å². The van der Waals surface area contributed by atoms with E-state index in [-0.39, 0.29) is 16.9 Å². The van der Waals surface area contributed by atoms with Crippen molar-refractivity contribution in [1.29, 1.82) is 0 Å². The average molecular weight is 406 g/mol. The van der Waals surface area contributed by atoms with Gasteiger partial charge in [0, 0.05) is 5.57 Å². The van der Waals surface area contributed by atoms with Gasteiger partial charge in [0.25, 0.3) is 0 Å². The molecule has 0 aliphatic carbocycles. The molecule has 0 saturated heterocycles.